The summed E-state index contributed by atoms with van der Waals surface area (Å²) in [6, 6.07) is 13.9. The van der Waals surface area contributed by atoms with Gasteiger partial charge in [-0.25, -0.2) is 9.50 Å². The van der Waals surface area contributed by atoms with Crippen molar-refractivity contribution in [1.82, 2.24) is 29.5 Å². The zero-order valence-corrected chi connectivity index (χ0v) is 17.4. The minimum absolute atomic E-state index is 0.0348. The summed E-state index contributed by atoms with van der Waals surface area (Å²) >= 11 is 0. The van der Waals surface area contributed by atoms with Gasteiger partial charge in [0.2, 0.25) is 5.91 Å². The third kappa shape index (κ3) is 4.35. The second-order valence-corrected chi connectivity index (χ2v) is 7.49. The molecule has 0 aliphatic heterocycles. The molecule has 3 aromatic heterocycles. The van der Waals surface area contributed by atoms with Crippen LogP contribution in [-0.2, 0) is 24.3 Å². The number of hydrogen-bond donors (Lipinski definition) is 0. The summed E-state index contributed by atoms with van der Waals surface area (Å²) in [5.74, 6) is 0.961. The lowest BCUT2D eigenvalue weighted by Crippen LogP contribution is -2.32. The van der Waals surface area contributed by atoms with E-state index in [1.807, 2.05) is 49.1 Å². The molecule has 152 valence electrons. The molecule has 3 heterocycles. The molecule has 7 nitrogen and oxygen atoms in total. The van der Waals surface area contributed by atoms with Crippen LogP contribution < -0.4 is 0 Å². The van der Waals surface area contributed by atoms with Gasteiger partial charge < -0.3 is 4.90 Å². The molecular formula is C23H24N6O. The number of fused-ring (bicyclic) bond motifs is 1. The van der Waals surface area contributed by atoms with E-state index in [1.165, 1.54) is 0 Å². The first-order valence-electron chi connectivity index (χ1n) is 9.90. The Morgan fingerprint density at radius 1 is 1.03 bits per heavy atom. The van der Waals surface area contributed by atoms with E-state index >= 15 is 0 Å². The quantitative estimate of drug-likeness (QED) is 0.497. The number of benzene rings is 1. The van der Waals surface area contributed by atoms with E-state index < -0.39 is 0 Å². The van der Waals surface area contributed by atoms with Gasteiger partial charge in [-0.3, -0.25) is 9.78 Å². The van der Waals surface area contributed by atoms with Crippen LogP contribution in [-0.4, -0.2) is 35.4 Å². The zero-order valence-electron chi connectivity index (χ0n) is 17.4. The van der Waals surface area contributed by atoms with E-state index in [0.717, 1.165) is 28.1 Å². The molecule has 4 rings (SSSR count). The number of pyridine rings is 1. The average Bonchev–Trinajstić information content (AvgIpc) is 3.12. The van der Waals surface area contributed by atoms with Gasteiger partial charge in [0.05, 0.1) is 6.42 Å². The maximum Gasteiger partial charge on any atom is 0.252 e. The smallest absolute Gasteiger partial charge is 0.252 e. The Bertz CT molecular complexity index is 1190. The van der Waals surface area contributed by atoms with Gasteiger partial charge in [0.15, 0.2) is 5.82 Å². The van der Waals surface area contributed by atoms with Gasteiger partial charge in [-0.2, -0.15) is 4.98 Å². The standard InChI is InChI=1S/C23H24N6O/c1-16-7-4-5-9-20(16)15-28(14-19-8-6-10-24-13-19)22(30)12-21-26-23-25-17(2)11-18(3)29(23)27-21/h4-11,13H,12,14-15H2,1-3H3. The van der Waals surface area contributed by atoms with E-state index in [-0.39, 0.29) is 12.3 Å². The maximum atomic E-state index is 13.3. The van der Waals surface area contributed by atoms with Crippen LogP contribution in [0.4, 0.5) is 0 Å². The molecule has 0 fully saturated rings. The van der Waals surface area contributed by atoms with Crippen molar-refractivity contribution in [2.45, 2.75) is 40.3 Å². The molecule has 0 atom stereocenters. The number of hydrogen-bond acceptors (Lipinski definition) is 5. The highest BCUT2D eigenvalue weighted by Crippen LogP contribution is 2.15. The molecule has 0 spiro atoms. The van der Waals surface area contributed by atoms with Gasteiger partial charge in [0.1, 0.15) is 0 Å². The number of carbonyl (C=O) groups is 1. The molecule has 4 aromatic rings. The zero-order chi connectivity index (χ0) is 21.1. The molecule has 0 saturated carbocycles. The van der Waals surface area contributed by atoms with Gasteiger partial charge in [0.25, 0.3) is 5.78 Å². The maximum absolute atomic E-state index is 13.3. The number of carbonyl (C=O) groups excluding carboxylic acids is 1. The first-order valence-corrected chi connectivity index (χ1v) is 9.90. The largest absolute Gasteiger partial charge is 0.334 e. The third-order valence-electron chi connectivity index (χ3n) is 5.04. The van der Waals surface area contributed by atoms with Crippen molar-refractivity contribution >= 4 is 11.7 Å². The van der Waals surface area contributed by atoms with Crippen molar-refractivity contribution in [3.8, 4) is 0 Å². The molecule has 30 heavy (non-hydrogen) atoms. The second kappa shape index (κ2) is 8.41. The summed E-state index contributed by atoms with van der Waals surface area (Å²) in [6.07, 6.45) is 3.64. The Labute approximate surface area is 175 Å². The summed E-state index contributed by atoms with van der Waals surface area (Å²) < 4.78 is 1.68. The Hall–Kier alpha value is -3.61. The number of aromatic nitrogens is 5. The minimum Gasteiger partial charge on any atom is -0.334 e. The molecule has 1 amide bonds. The van der Waals surface area contributed by atoms with Crippen LogP contribution in [0.25, 0.3) is 5.78 Å². The van der Waals surface area contributed by atoms with Crippen molar-refractivity contribution < 1.29 is 4.79 Å². The number of aryl methyl sites for hydroxylation is 3. The molecule has 0 N–H and O–H groups in total. The highest BCUT2D eigenvalue weighted by molar-refractivity contribution is 5.78. The molecule has 0 unspecified atom stereocenters. The lowest BCUT2D eigenvalue weighted by Gasteiger charge is -2.23. The van der Waals surface area contributed by atoms with Crippen molar-refractivity contribution in [3.05, 3.63) is 88.8 Å². The minimum atomic E-state index is -0.0348. The van der Waals surface area contributed by atoms with Crippen molar-refractivity contribution in [1.29, 1.82) is 0 Å². The highest BCUT2D eigenvalue weighted by Gasteiger charge is 2.19. The fourth-order valence-corrected chi connectivity index (χ4v) is 3.47. The van der Waals surface area contributed by atoms with Crippen molar-refractivity contribution in [3.63, 3.8) is 0 Å². The number of amides is 1. The lowest BCUT2D eigenvalue weighted by molar-refractivity contribution is -0.131. The van der Waals surface area contributed by atoms with E-state index in [0.29, 0.717) is 24.7 Å². The summed E-state index contributed by atoms with van der Waals surface area (Å²) in [6.45, 7) is 6.93. The third-order valence-corrected chi connectivity index (χ3v) is 5.04. The molecule has 0 saturated heterocycles. The SMILES string of the molecule is Cc1cc(C)n2nc(CC(=O)N(Cc3cccnc3)Cc3ccccc3C)nc2n1. The highest BCUT2D eigenvalue weighted by atomic mass is 16.2. The van der Waals surface area contributed by atoms with Gasteiger partial charge in [0, 0.05) is 36.9 Å². The van der Waals surface area contributed by atoms with Crippen molar-refractivity contribution in [2.24, 2.45) is 0 Å². The van der Waals surface area contributed by atoms with Gasteiger partial charge in [-0.1, -0.05) is 30.3 Å². The fourth-order valence-electron chi connectivity index (χ4n) is 3.47. The molecule has 1 aromatic carbocycles. The van der Waals surface area contributed by atoms with E-state index in [4.69, 9.17) is 0 Å². The Kier molecular flexibility index (Phi) is 5.52. The molecule has 0 aliphatic carbocycles. The number of nitrogens with zero attached hydrogens (tertiary/aromatic N) is 6. The summed E-state index contributed by atoms with van der Waals surface area (Å²) in [4.78, 5) is 28.1. The van der Waals surface area contributed by atoms with Crippen LogP contribution in [0.1, 0.15) is 33.9 Å². The van der Waals surface area contributed by atoms with Crippen molar-refractivity contribution in [2.75, 3.05) is 0 Å². The molecule has 0 aliphatic rings. The predicted molar refractivity (Wildman–Crippen MR) is 114 cm³/mol. The fraction of sp³-hybridized carbons (Fsp3) is 0.261. The summed E-state index contributed by atoms with van der Waals surface area (Å²) in [5, 5.41) is 4.49. The lowest BCUT2D eigenvalue weighted by atomic mass is 10.1. The van der Waals surface area contributed by atoms with E-state index in [2.05, 4.69) is 39.1 Å². The Balaban J connectivity index is 1.60. The molecule has 0 bridgehead atoms. The van der Waals surface area contributed by atoms with Crippen LogP contribution in [0.2, 0.25) is 0 Å². The van der Waals surface area contributed by atoms with Gasteiger partial charge in [-0.05, 0) is 49.6 Å². The summed E-state index contributed by atoms with van der Waals surface area (Å²) in [7, 11) is 0. The topological polar surface area (TPSA) is 76.3 Å². The van der Waals surface area contributed by atoms with Gasteiger partial charge >= 0.3 is 0 Å². The molecular weight excluding hydrogens is 376 g/mol. The second-order valence-electron chi connectivity index (χ2n) is 7.49. The number of rotatable bonds is 6. The normalized spacial score (nSPS) is 11.0. The van der Waals surface area contributed by atoms with E-state index in [1.54, 1.807) is 16.9 Å². The Morgan fingerprint density at radius 3 is 2.63 bits per heavy atom. The van der Waals surface area contributed by atoms with Crippen LogP contribution in [0.3, 0.4) is 0 Å². The van der Waals surface area contributed by atoms with Crippen LogP contribution in [0.5, 0.6) is 0 Å². The average molecular weight is 400 g/mol. The Morgan fingerprint density at radius 2 is 1.87 bits per heavy atom. The van der Waals surface area contributed by atoms with E-state index in [9.17, 15) is 4.79 Å². The molecule has 7 heteroatoms. The van der Waals surface area contributed by atoms with Crippen LogP contribution in [0, 0.1) is 20.8 Å². The molecule has 0 radical (unpaired) electrons. The predicted octanol–water partition coefficient (Wildman–Crippen LogP) is 3.22. The van der Waals surface area contributed by atoms with Crippen LogP contribution >= 0.6 is 0 Å². The van der Waals surface area contributed by atoms with Gasteiger partial charge in [-0.15, -0.1) is 5.10 Å². The first kappa shape index (κ1) is 19.7. The first-order chi connectivity index (χ1) is 14.5. The van der Waals surface area contributed by atoms with Crippen LogP contribution in [0.15, 0.2) is 54.9 Å². The monoisotopic (exact) mass is 400 g/mol. The summed E-state index contributed by atoms with van der Waals surface area (Å²) in [5.41, 5.74) is 5.07.